The lowest BCUT2D eigenvalue weighted by Crippen LogP contribution is -2.22. The van der Waals surface area contributed by atoms with Crippen LogP contribution in [0.4, 0.5) is 0 Å². The molecular formula is C10H13O2PS. The summed E-state index contributed by atoms with van der Waals surface area (Å²) in [5, 5.41) is 1.02. The molecule has 0 amide bonds. The highest BCUT2D eigenvalue weighted by molar-refractivity contribution is 8.13. The second-order valence-electron chi connectivity index (χ2n) is 3.53. The van der Waals surface area contributed by atoms with Crippen molar-refractivity contribution < 1.29 is 9.05 Å². The Morgan fingerprint density at radius 2 is 1.79 bits per heavy atom. The van der Waals surface area contributed by atoms with Gasteiger partial charge in [0.25, 0.3) is 0 Å². The molecule has 0 atom stereocenters. The first-order valence-electron chi connectivity index (χ1n) is 4.65. The third kappa shape index (κ3) is 2.06. The van der Waals surface area contributed by atoms with Crippen LogP contribution in [0.25, 0.3) is 0 Å². The average molecular weight is 228 g/mol. The molecule has 0 unspecified atom stereocenters. The van der Waals surface area contributed by atoms with Crippen molar-refractivity contribution in [2.24, 2.45) is 5.92 Å². The maximum atomic E-state index is 5.67. The molecule has 0 N–H and O–H groups in total. The van der Waals surface area contributed by atoms with Crippen LogP contribution in [0.3, 0.4) is 0 Å². The standard InChI is InChI=1S/C10H13O2PS/c1-9-7-11-13(14,12-8-9)10-5-3-2-4-6-10/h2-6,9H,7-8H2,1H3. The molecule has 1 saturated heterocycles. The topological polar surface area (TPSA) is 18.5 Å². The number of rotatable bonds is 1. The van der Waals surface area contributed by atoms with Crippen LogP contribution in [0.15, 0.2) is 30.3 Å². The minimum absolute atomic E-state index is 0.454. The summed E-state index contributed by atoms with van der Waals surface area (Å²) in [5.74, 6) is 0.454. The minimum atomic E-state index is -2.17. The molecule has 0 bridgehead atoms. The average Bonchev–Trinajstić information content (AvgIpc) is 2.24. The van der Waals surface area contributed by atoms with E-state index in [1.807, 2.05) is 30.3 Å². The molecule has 1 aliphatic rings. The van der Waals surface area contributed by atoms with Gasteiger partial charge in [-0.2, -0.15) is 0 Å². The molecule has 0 radical (unpaired) electrons. The van der Waals surface area contributed by atoms with E-state index in [0.717, 1.165) is 5.30 Å². The van der Waals surface area contributed by atoms with E-state index < -0.39 is 6.49 Å². The van der Waals surface area contributed by atoms with Crippen LogP contribution in [-0.2, 0) is 20.9 Å². The van der Waals surface area contributed by atoms with Gasteiger partial charge in [0.2, 0.25) is 6.49 Å². The predicted molar refractivity (Wildman–Crippen MR) is 61.4 cm³/mol. The van der Waals surface area contributed by atoms with Gasteiger partial charge in [-0.1, -0.05) is 25.1 Å². The summed E-state index contributed by atoms with van der Waals surface area (Å²) in [4.78, 5) is 0. The zero-order valence-electron chi connectivity index (χ0n) is 8.05. The molecule has 76 valence electrons. The Morgan fingerprint density at radius 1 is 1.21 bits per heavy atom. The minimum Gasteiger partial charge on any atom is -0.326 e. The van der Waals surface area contributed by atoms with Crippen LogP contribution in [0, 0.1) is 5.92 Å². The van der Waals surface area contributed by atoms with Crippen LogP contribution in [0.2, 0.25) is 0 Å². The Balaban J connectivity index is 2.22. The van der Waals surface area contributed by atoms with Gasteiger partial charge < -0.3 is 9.05 Å². The molecule has 0 aromatic heterocycles. The highest BCUT2D eigenvalue weighted by Gasteiger charge is 2.27. The summed E-state index contributed by atoms with van der Waals surface area (Å²) in [7, 11) is 0. The lowest BCUT2D eigenvalue weighted by molar-refractivity contribution is 0.133. The first-order valence-corrected chi connectivity index (χ1v) is 7.29. The van der Waals surface area contributed by atoms with Gasteiger partial charge in [-0.15, -0.1) is 0 Å². The molecule has 0 saturated carbocycles. The fourth-order valence-electron chi connectivity index (χ4n) is 1.30. The van der Waals surface area contributed by atoms with Crippen LogP contribution in [-0.4, -0.2) is 13.2 Å². The summed E-state index contributed by atoms with van der Waals surface area (Å²) in [6, 6.07) is 9.87. The summed E-state index contributed by atoms with van der Waals surface area (Å²) < 4.78 is 11.3. The SMILES string of the molecule is CC1COP(=S)(c2ccccc2)OC1. The number of hydrogen-bond donors (Lipinski definition) is 0. The molecule has 1 aromatic carbocycles. The fourth-order valence-corrected chi connectivity index (χ4v) is 3.84. The highest BCUT2D eigenvalue weighted by Crippen LogP contribution is 2.50. The van der Waals surface area contributed by atoms with Gasteiger partial charge in [-0.05, 0) is 23.9 Å². The normalized spacial score (nSPS) is 32.8. The maximum Gasteiger partial charge on any atom is 0.219 e. The molecule has 14 heavy (non-hydrogen) atoms. The number of hydrogen-bond acceptors (Lipinski definition) is 3. The van der Waals surface area contributed by atoms with Gasteiger partial charge in [-0.3, -0.25) is 0 Å². The first kappa shape index (κ1) is 10.3. The molecule has 1 heterocycles. The van der Waals surface area contributed by atoms with E-state index in [1.54, 1.807) is 0 Å². The van der Waals surface area contributed by atoms with Gasteiger partial charge in [0.15, 0.2) is 0 Å². The Hall–Kier alpha value is -0.210. The first-order chi connectivity index (χ1) is 6.71. The van der Waals surface area contributed by atoms with Gasteiger partial charge >= 0.3 is 0 Å². The van der Waals surface area contributed by atoms with Crippen molar-refractivity contribution in [3.8, 4) is 0 Å². The van der Waals surface area contributed by atoms with Crippen LogP contribution in [0.1, 0.15) is 6.92 Å². The molecular weight excluding hydrogens is 215 g/mol. The third-order valence-corrected chi connectivity index (χ3v) is 5.30. The Morgan fingerprint density at radius 3 is 2.36 bits per heavy atom. The van der Waals surface area contributed by atoms with E-state index in [1.165, 1.54) is 0 Å². The molecule has 0 spiro atoms. The summed E-state index contributed by atoms with van der Waals surface area (Å²) in [6.07, 6.45) is 0. The van der Waals surface area contributed by atoms with Crippen LogP contribution < -0.4 is 5.30 Å². The Labute approximate surface area is 89.4 Å². The third-order valence-electron chi connectivity index (χ3n) is 2.13. The predicted octanol–water partition coefficient (Wildman–Crippen LogP) is 2.30. The zero-order chi connectivity index (χ0) is 10.0. The van der Waals surface area contributed by atoms with E-state index in [2.05, 4.69) is 6.92 Å². The summed E-state index contributed by atoms with van der Waals surface area (Å²) in [5.41, 5.74) is 0. The van der Waals surface area contributed by atoms with Gasteiger partial charge in [0.1, 0.15) is 0 Å². The number of benzene rings is 1. The van der Waals surface area contributed by atoms with Crippen LogP contribution >= 0.6 is 6.49 Å². The van der Waals surface area contributed by atoms with E-state index in [-0.39, 0.29) is 0 Å². The Bertz CT molecular complexity index is 340. The molecule has 2 rings (SSSR count). The lowest BCUT2D eigenvalue weighted by Gasteiger charge is -2.30. The smallest absolute Gasteiger partial charge is 0.219 e. The van der Waals surface area contributed by atoms with Crippen LogP contribution in [0.5, 0.6) is 0 Å². The van der Waals surface area contributed by atoms with Crippen molar-refractivity contribution in [3.63, 3.8) is 0 Å². The second-order valence-corrected chi connectivity index (χ2v) is 7.00. The van der Waals surface area contributed by atoms with Crippen molar-refractivity contribution in [2.45, 2.75) is 6.92 Å². The maximum absolute atomic E-state index is 5.67. The molecule has 2 nitrogen and oxygen atoms in total. The quantitative estimate of drug-likeness (QED) is 0.687. The Kier molecular flexibility index (Phi) is 3.03. The van der Waals surface area contributed by atoms with Crippen molar-refractivity contribution >= 4 is 23.6 Å². The zero-order valence-corrected chi connectivity index (χ0v) is 9.76. The van der Waals surface area contributed by atoms with E-state index >= 15 is 0 Å². The molecule has 0 aliphatic carbocycles. The lowest BCUT2D eigenvalue weighted by atomic mass is 10.2. The largest absolute Gasteiger partial charge is 0.326 e. The molecule has 1 fully saturated rings. The summed E-state index contributed by atoms with van der Waals surface area (Å²) in [6.45, 7) is 1.36. The van der Waals surface area contributed by atoms with Crippen molar-refractivity contribution in [2.75, 3.05) is 13.2 Å². The van der Waals surface area contributed by atoms with E-state index in [4.69, 9.17) is 20.9 Å². The molecule has 1 aromatic rings. The van der Waals surface area contributed by atoms with Gasteiger partial charge in [-0.25, -0.2) is 0 Å². The summed E-state index contributed by atoms with van der Waals surface area (Å²) >= 11 is 5.44. The second kappa shape index (κ2) is 4.11. The van der Waals surface area contributed by atoms with Gasteiger partial charge in [0.05, 0.1) is 13.2 Å². The van der Waals surface area contributed by atoms with E-state index in [9.17, 15) is 0 Å². The highest BCUT2D eigenvalue weighted by atomic mass is 32.5. The van der Waals surface area contributed by atoms with Crippen molar-refractivity contribution in [1.82, 2.24) is 0 Å². The molecule has 1 aliphatic heterocycles. The van der Waals surface area contributed by atoms with Crippen molar-refractivity contribution in [1.29, 1.82) is 0 Å². The fraction of sp³-hybridized carbons (Fsp3) is 0.400. The van der Waals surface area contributed by atoms with Gasteiger partial charge in [0, 0.05) is 11.2 Å². The van der Waals surface area contributed by atoms with Crippen molar-refractivity contribution in [3.05, 3.63) is 30.3 Å². The van der Waals surface area contributed by atoms with E-state index in [0.29, 0.717) is 19.1 Å². The molecule has 4 heteroatoms. The monoisotopic (exact) mass is 228 g/mol.